The maximum atomic E-state index is 13.4. The molecular weight excluding hydrogens is 297 g/mol. The zero-order valence-electron chi connectivity index (χ0n) is 13.7. The standard InChI is InChI=1S/C16H24FN3OSi/c1-12-7-15(17)16(18)8-14(12)13-9-19-20(10-13)11-21-5-6-22(2,3)4/h7-10H,5-6,11,18H2,1-4H3. The minimum absolute atomic E-state index is 0.153. The van der Waals surface area contributed by atoms with Gasteiger partial charge in [0.15, 0.2) is 0 Å². The predicted molar refractivity (Wildman–Crippen MR) is 90.9 cm³/mol. The first-order chi connectivity index (χ1) is 10.3. The maximum absolute atomic E-state index is 13.4. The van der Waals surface area contributed by atoms with Crippen LogP contribution in [0.3, 0.4) is 0 Å². The normalized spacial score (nSPS) is 11.9. The average Bonchev–Trinajstić information content (AvgIpc) is 2.86. The summed E-state index contributed by atoms with van der Waals surface area (Å²) in [5, 5.41) is 4.29. The number of nitrogen functional groups attached to an aromatic ring is 1. The third kappa shape index (κ3) is 4.41. The number of benzene rings is 1. The molecule has 0 aliphatic heterocycles. The van der Waals surface area contributed by atoms with Crippen LogP contribution < -0.4 is 5.73 Å². The lowest BCUT2D eigenvalue weighted by molar-refractivity contribution is 0.0786. The van der Waals surface area contributed by atoms with E-state index in [1.54, 1.807) is 16.9 Å². The lowest BCUT2D eigenvalue weighted by Gasteiger charge is -2.15. The molecule has 0 bridgehead atoms. The molecule has 0 spiro atoms. The van der Waals surface area contributed by atoms with Gasteiger partial charge in [-0.2, -0.15) is 5.10 Å². The number of aromatic nitrogens is 2. The van der Waals surface area contributed by atoms with Gasteiger partial charge in [-0.25, -0.2) is 9.07 Å². The van der Waals surface area contributed by atoms with Crippen LogP contribution in [-0.2, 0) is 11.5 Å². The van der Waals surface area contributed by atoms with Gasteiger partial charge in [0.1, 0.15) is 12.5 Å². The Morgan fingerprint density at radius 3 is 2.73 bits per heavy atom. The van der Waals surface area contributed by atoms with Crippen LogP contribution in [0.2, 0.25) is 25.7 Å². The van der Waals surface area contributed by atoms with Gasteiger partial charge in [0, 0.05) is 26.4 Å². The highest BCUT2D eigenvalue weighted by atomic mass is 28.3. The molecule has 2 aromatic rings. The van der Waals surface area contributed by atoms with Crippen molar-refractivity contribution in [3.8, 4) is 11.1 Å². The third-order valence-corrected chi connectivity index (χ3v) is 5.21. The molecule has 2 N–H and O–H groups in total. The number of halogens is 1. The van der Waals surface area contributed by atoms with Gasteiger partial charge in [-0.3, -0.25) is 0 Å². The molecular formula is C16H24FN3OSi. The van der Waals surface area contributed by atoms with Crippen molar-refractivity contribution in [1.82, 2.24) is 9.78 Å². The van der Waals surface area contributed by atoms with Crippen molar-refractivity contribution in [3.63, 3.8) is 0 Å². The number of ether oxygens (including phenoxy) is 1. The fourth-order valence-electron chi connectivity index (χ4n) is 2.11. The van der Waals surface area contributed by atoms with E-state index in [9.17, 15) is 4.39 Å². The average molecular weight is 321 g/mol. The quantitative estimate of drug-likeness (QED) is 0.499. The topological polar surface area (TPSA) is 53.1 Å². The SMILES string of the molecule is Cc1cc(F)c(N)cc1-c1cnn(COCC[Si](C)(C)C)c1. The Hall–Kier alpha value is -1.66. The second-order valence-electron chi connectivity index (χ2n) is 6.81. The van der Waals surface area contributed by atoms with Crippen molar-refractivity contribution in [3.05, 3.63) is 35.9 Å². The highest BCUT2D eigenvalue weighted by molar-refractivity contribution is 6.76. The summed E-state index contributed by atoms with van der Waals surface area (Å²) in [4.78, 5) is 0. The van der Waals surface area contributed by atoms with Crippen LogP contribution in [0, 0.1) is 12.7 Å². The predicted octanol–water partition coefficient (Wildman–Crippen LogP) is 3.89. The van der Waals surface area contributed by atoms with Crippen LogP contribution in [0.15, 0.2) is 24.5 Å². The fraction of sp³-hybridized carbons (Fsp3) is 0.438. The largest absolute Gasteiger partial charge is 0.396 e. The third-order valence-electron chi connectivity index (χ3n) is 3.51. The zero-order valence-corrected chi connectivity index (χ0v) is 14.7. The Morgan fingerprint density at radius 1 is 1.32 bits per heavy atom. The fourth-order valence-corrected chi connectivity index (χ4v) is 2.87. The molecule has 0 atom stereocenters. The highest BCUT2D eigenvalue weighted by Crippen LogP contribution is 2.27. The van der Waals surface area contributed by atoms with Crippen LogP contribution in [0.25, 0.3) is 11.1 Å². The molecule has 0 aliphatic rings. The van der Waals surface area contributed by atoms with E-state index in [1.165, 1.54) is 6.07 Å². The van der Waals surface area contributed by atoms with Crippen LogP contribution in [0.5, 0.6) is 0 Å². The van der Waals surface area contributed by atoms with Crippen LogP contribution in [-0.4, -0.2) is 24.5 Å². The van der Waals surface area contributed by atoms with Gasteiger partial charge < -0.3 is 10.5 Å². The Balaban J connectivity index is 2.01. The second kappa shape index (κ2) is 6.62. The minimum Gasteiger partial charge on any atom is -0.396 e. The van der Waals surface area contributed by atoms with Crippen molar-refractivity contribution < 1.29 is 9.13 Å². The number of nitrogens with two attached hydrogens (primary N) is 1. The summed E-state index contributed by atoms with van der Waals surface area (Å²) in [5.74, 6) is -0.386. The van der Waals surface area contributed by atoms with Gasteiger partial charge in [-0.1, -0.05) is 19.6 Å². The first kappa shape index (κ1) is 16.7. The van der Waals surface area contributed by atoms with Gasteiger partial charge in [0.05, 0.1) is 11.9 Å². The molecule has 0 unspecified atom stereocenters. The number of nitrogens with zero attached hydrogens (tertiary/aromatic N) is 2. The molecule has 0 aliphatic carbocycles. The first-order valence-electron chi connectivity index (χ1n) is 7.42. The van der Waals surface area contributed by atoms with Crippen LogP contribution in [0.4, 0.5) is 10.1 Å². The molecule has 4 nitrogen and oxygen atoms in total. The smallest absolute Gasteiger partial charge is 0.146 e. The number of rotatable bonds is 6. The van der Waals surface area contributed by atoms with E-state index >= 15 is 0 Å². The lowest BCUT2D eigenvalue weighted by Crippen LogP contribution is -2.22. The van der Waals surface area contributed by atoms with Gasteiger partial charge >= 0.3 is 0 Å². The molecule has 120 valence electrons. The molecule has 0 fully saturated rings. The van der Waals surface area contributed by atoms with Crippen molar-refractivity contribution in [2.24, 2.45) is 0 Å². The summed E-state index contributed by atoms with van der Waals surface area (Å²) in [7, 11) is -1.07. The summed E-state index contributed by atoms with van der Waals surface area (Å²) in [6, 6.07) is 4.24. The highest BCUT2D eigenvalue weighted by Gasteiger charge is 2.12. The van der Waals surface area contributed by atoms with E-state index in [-0.39, 0.29) is 11.5 Å². The molecule has 0 saturated heterocycles. The maximum Gasteiger partial charge on any atom is 0.146 e. The van der Waals surface area contributed by atoms with Gasteiger partial charge in [0.25, 0.3) is 0 Å². The first-order valence-corrected chi connectivity index (χ1v) is 11.1. The number of hydrogen-bond donors (Lipinski definition) is 1. The molecule has 6 heteroatoms. The van der Waals surface area contributed by atoms with E-state index in [0.29, 0.717) is 6.73 Å². The van der Waals surface area contributed by atoms with Crippen molar-refractivity contribution in [1.29, 1.82) is 0 Å². The van der Waals surface area contributed by atoms with E-state index in [1.807, 2.05) is 13.1 Å². The van der Waals surface area contributed by atoms with Gasteiger partial charge in [-0.05, 0) is 36.2 Å². The molecule has 1 heterocycles. The molecule has 0 radical (unpaired) electrons. The van der Waals surface area contributed by atoms with E-state index in [0.717, 1.165) is 29.3 Å². The molecule has 1 aromatic heterocycles. The van der Waals surface area contributed by atoms with Crippen molar-refractivity contribution >= 4 is 13.8 Å². The van der Waals surface area contributed by atoms with Crippen molar-refractivity contribution in [2.75, 3.05) is 12.3 Å². The number of anilines is 1. The number of hydrogen-bond acceptors (Lipinski definition) is 3. The summed E-state index contributed by atoms with van der Waals surface area (Å²) in [5.41, 5.74) is 8.45. The monoisotopic (exact) mass is 321 g/mol. The minimum atomic E-state index is -1.07. The van der Waals surface area contributed by atoms with Crippen molar-refractivity contribution in [2.45, 2.75) is 39.3 Å². The van der Waals surface area contributed by atoms with E-state index in [2.05, 4.69) is 24.7 Å². The Labute approximate surface area is 132 Å². The molecule has 1 aromatic carbocycles. The molecule has 0 saturated carbocycles. The summed E-state index contributed by atoms with van der Waals surface area (Å²) in [6.45, 7) is 10.0. The summed E-state index contributed by atoms with van der Waals surface area (Å²) >= 11 is 0. The van der Waals surface area contributed by atoms with Crippen LogP contribution >= 0.6 is 0 Å². The Kier molecular flexibility index (Phi) is 5.03. The molecule has 2 rings (SSSR count). The zero-order chi connectivity index (χ0) is 16.3. The van der Waals surface area contributed by atoms with Crippen LogP contribution in [0.1, 0.15) is 5.56 Å². The lowest BCUT2D eigenvalue weighted by atomic mass is 10.0. The van der Waals surface area contributed by atoms with E-state index in [4.69, 9.17) is 10.5 Å². The Morgan fingerprint density at radius 2 is 2.05 bits per heavy atom. The number of aryl methyl sites for hydroxylation is 1. The van der Waals surface area contributed by atoms with Gasteiger partial charge in [-0.15, -0.1) is 0 Å². The van der Waals surface area contributed by atoms with Gasteiger partial charge in [0.2, 0.25) is 0 Å². The Bertz CT molecular complexity index is 649. The molecule has 0 amide bonds. The van der Waals surface area contributed by atoms with E-state index < -0.39 is 8.07 Å². The summed E-state index contributed by atoms with van der Waals surface area (Å²) < 4.78 is 20.8. The second-order valence-corrected chi connectivity index (χ2v) is 12.4. The summed E-state index contributed by atoms with van der Waals surface area (Å²) in [6.07, 6.45) is 3.65. The molecule has 22 heavy (non-hydrogen) atoms.